The van der Waals surface area contributed by atoms with E-state index in [1.807, 2.05) is 0 Å². The molecule has 0 N–H and O–H groups in total. The first-order chi connectivity index (χ1) is 29.2. The van der Waals surface area contributed by atoms with Crippen molar-refractivity contribution in [2.75, 3.05) is 4.90 Å². The highest BCUT2D eigenvalue weighted by molar-refractivity contribution is 6.20. The van der Waals surface area contributed by atoms with Gasteiger partial charge in [-0.1, -0.05) is 133 Å². The fourth-order valence-corrected chi connectivity index (χ4v) is 9.12. The molecule has 0 atom stereocenters. The second-order valence-electron chi connectivity index (χ2n) is 15.4. The lowest BCUT2D eigenvalue weighted by Gasteiger charge is -2.26. The molecule has 0 saturated heterocycles. The molecule has 0 aliphatic heterocycles. The monoisotopic (exact) mass is 752 g/mol. The Labute approximate surface area is 341 Å². The van der Waals surface area contributed by atoms with Crippen LogP contribution in [0.1, 0.15) is 0 Å². The molecule has 2 heterocycles. The Morgan fingerprint density at radius 2 is 0.932 bits per heavy atom. The van der Waals surface area contributed by atoms with Gasteiger partial charge in [0.2, 0.25) is 0 Å². The summed E-state index contributed by atoms with van der Waals surface area (Å²) >= 11 is 0. The van der Waals surface area contributed by atoms with E-state index in [0.717, 1.165) is 44.7 Å². The summed E-state index contributed by atoms with van der Waals surface area (Å²) in [5.74, 6) is 0. The molecular formula is C56H36N2O. The van der Waals surface area contributed by atoms with E-state index in [2.05, 4.69) is 228 Å². The molecule has 0 spiro atoms. The summed E-state index contributed by atoms with van der Waals surface area (Å²) < 4.78 is 8.92. The van der Waals surface area contributed by atoms with Gasteiger partial charge >= 0.3 is 0 Å². The second kappa shape index (κ2) is 13.4. The van der Waals surface area contributed by atoms with Crippen LogP contribution in [0.3, 0.4) is 0 Å². The average Bonchev–Trinajstić information content (AvgIpc) is 3.85. The molecular weight excluding hydrogens is 717 g/mol. The van der Waals surface area contributed by atoms with Crippen molar-refractivity contribution >= 4 is 82.4 Å². The molecule has 12 rings (SSSR count). The standard InChI is InChI=1S/C56H36N2O/c1-3-11-37(12-4-1)39-19-25-45(26-20-39)57(46-27-21-38-13-7-8-14-40(38)34-46)47-28-32-54-51(36-47)56-48-29-22-41(33-43(48)24-31-55(56)59-54)42-23-30-53-50(35-42)49-17-9-10-18-52(49)58(53)44-15-5-2-6-16-44/h1-36H. The minimum atomic E-state index is 0.874. The van der Waals surface area contributed by atoms with Crippen molar-refractivity contribution in [3.63, 3.8) is 0 Å². The molecule has 3 nitrogen and oxygen atoms in total. The van der Waals surface area contributed by atoms with Crippen LogP contribution in [0.5, 0.6) is 0 Å². The van der Waals surface area contributed by atoms with Gasteiger partial charge in [-0.2, -0.15) is 0 Å². The smallest absolute Gasteiger partial charge is 0.136 e. The quantitative estimate of drug-likeness (QED) is 0.169. The van der Waals surface area contributed by atoms with E-state index in [-0.39, 0.29) is 0 Å². The number of para-hydroxylation sites is 2. The lowest BCUT2D eigenvalue weighted by Crippen LogP contribution is -2.09. The third kappa shape index (κ3) is 5.51. The maximum atomic E-state index is 6.55. The zero-order valence-electron chi connectivity index (χ0n) is 32.1. The van der Waals surface area contributed by atoms with Crippen LogP contribution in [0, 0.1) is 0 Å². The minimum Gasteiger partial charge on any atom is -0.456 e. The number of hydrogen-bond acceptors (Lipinski definition) is 2. The van der Waals surface area contributed by atoms with Gasteiger partial charge in [0.05, 0.1) is 11.0 Å². The molecule has 0 aliphatic carbocycles. The molecule has 0 saturated carbocycles. The number of benzene rings is 10. The fraction of sp³-hybridized carbons (Fsp3) is 0. The van der Waals surface area contributed by atoms with Gasteiger partial charge in [-0.3, -0.25) is 0 Å². The lowest BCUT2D eigenvalue weighted by molar-refractivity contribution is 0.669. The highest BCUT2D eigenvalue weighted by Crippen LogP contribution is 2.43. The molecule has 12 aromatic rings. The summed E-state index contributed by atoms with van der Waals surface area (Å²) in [4.78, 5) is 2.35. The molecule has 276 valence electrons. The van der Waals surface area contributed by atoms with E-state index in [9.17, 15) is 0 Å². The Bertz CT molecular complexity index is 3540. The Morgan fingerprint density at radius 1 is 0.322 bits per heavy atom. The zero-order chi connectivity index (χ0) is 38.9. The molecule has 59 heavy (non-hydrogen) atoms. The Kier molecular flexibility index (Phi) is 7.54. The van der Waals surface area contributed by atoms with Crippen molar-refractivity contribution in [1.82, 2.24) is 4.57 Å². The van der Waals surface area contributed by atoms with Crippen molar-refractivity contribution in [2.24, 2.45) is 0 Å². The van der Waals surface area contributed by atoms with Gasteiger partial charge < -0.3 is 13.9 Å². The van der Waals surface area contributed by atoms with Gasteiger partial charge in [0.1, 0.15) is 11.2 Å². The van der Waals surface area contributed by atoms with Crippen molar-refractivity contribution < 1.29 is 4.42 Å². The lowest BCUT2D eigenvalue weighted by atomic mass is 9.97. The summed E-state index contributed by atoms with van der Waals surface area (Å²) in [6, 6.07) is 78.7. The first kappa shape index (κ1) is 33.3. The number of hydrogen-bond donors (Lipinski definition) is 0. The Balaban J connectivity index is 0.987. The van der Waals surface area contributed by atoms with Crippen LogP contribution in [0.4, 0.5) is 17.1 Å². The van der Waals surface area contributed by atoms with E-state index in [1.54, 1.807) is 0 Å². The van der Waals surface area contributed by atoms with E-state index in [1.165, 1.54) is 65.6 Å². The number of aromatic nitrogens is 1. The summed E-state index contributed by atoms with van der Waals surface area (Å²) in [5.41, 5.74) is 13.4. The van der Waals surface area contributed by atoms with Gasteiger partial charge in [0.25, 0.3) is 0 Å². The summed E-state index contributed by atoms with van der Waals surface area (Å²) in [6.45, 7) is 0. The zero-order valence-corrected chi connectivity index (χ0v) is 32.1. The molecule has 0 aliphatic rings. The highest BCUT2D eigenvalue weighted by Gasteiger charge is 2.19. The Morgan fingerprint density at radius 3 is 1.80 bits per heavy atom. The number of fused-ring (bicyclic) bond motifs is 9. The Hall–Kier alpha value is -7.88. The molecule has 0 amide bonds. The normalized spacial score (nSPS) is 11.7. The maximum absolute atomic E-state index is 6.55. The molecule has 0 radical (unpaired) electrons. The molecule has 0 fully saturated rings. The fourth-order valence-electron chi connectivity index (χ4n) is 9.12. The van der Waals surface area contributed by atoms with Crippen molar-refractivity contribution in [1.29, 1.82) is 0 Å². The van der Waals surface area contributed by atoms with Gasteiger partial charge in [0.15, 0.2) is 0 Å². The summed E-state index contributed by atoms with van der Waals surface area (Å²) in [5, 5.41) is 9.50. The van der Waals surface area contributed by atoms with Crippen LogP contribution in [0.25, 0.3) is 93.2 Å². The SMILES string of the molecule is c1ccc(-c2ccc(N(c3ccc4ccccc4c3)c3ccc4oc5ccc6cc(-c7ccc8c(c7)c7ccccc7n8-c7ccccc7)ccc6c5c4c3)cc2)cc1. The first-order valence-electron chi connectivity index (χ1n) is 20.2. The van der Waals surface area contributed by atoms with E-state index >= 15 is 0 Å². The maximum Gasteiger partial charge on any atom is 0.136 e. The van der Waals surface area contributed by atoms with Crippen LogP contribution < -0.4 is 4.90 Å². The van der Waals surface area contributed by atoms with Crippen molar-refractivity contribution in [3.8, 4) is 27.9 Å². The predicted molar refractivity (Wildman–Crippen MR) is 249 cm³/mol. The van der Waals surface area contributed by atoms with E-state index in [4.69, 9.17) is 4.42 Å². The van der Waals surface area contributed by atoms with Crippen LogP contribution in [-0.2, 0) is 0 Å². The van der Waals surface area contributed by atoms with Crippen LogP contribution in [0.2, 0.25) is 0 Å². The van der Waals surface area contributed by atoms with Crippen LogP contribution in [0.15, 0.2) is 223 Å². The summed E-state index contributed by atoms with van der Waals surface area (Å²) in [6.07, 6.45) is 0. The summed E-state index contributed by atoms with van der Waals surface area (Å²) in [7, 11) is 0. The molecule has 3 heteroatoms. The predicted octanol–water partition coefficient (Wildman–Crippen LogP) is 15.8. The topological polar surface area (TPSA) is 21.3 Å². The number of nitrogens with zero attached hydrogens (tertiary/aromatic N) is 2. The van der Waals surface area contributed by atoms with E-state index in [0.29, 0.717) is 0 Å². The van der Waals surface area contributed by atoms with Crippen molar-refractivity contribution in [3.05, 3.63) is 218 Å². The number of rotatable bonds is 6. The average molecular weight is 753 g/mol. The molecule has 0 bridgehead atoms. The number of furan rings is 1. The van der Waals surface area contributed by atoms with Gasteiger partial charge in [-0.25, -0.2) is 0 Å². The number of anilines is 3. The molecule has 2 aromatic heterocycles. The molecule has 0 unspecified atom stereocenters. The highest BCUT2D eigenvalue weighted by atomic mass is 16.3. The minimum absolute atomic E-state index is 0.874. The second-order valence-corrected chi connectivity index (χ2v) is 15.4. The molecule has 10 aromatic carbocycles. The largest absolute Gasteiger partial charge is 0.456 e. The van der Waals surface area contributed by atoms with Crippen LogP contribution >= 0.6 is 0 Å². The third-order valence-corrected chi connectivity index (χ3v) is 11.9. The third-order valence-electron chi connectivity index (χ3n) is 11.9. The van der Waals surface area contributed by atoms with Gasteiger partial charge in [-0.05, 0) is 129 Å². The van der Waals surface area contributed by atoms with Gasteiger partial charge in [0, 0.05) is 44.3 Å². The first-order valence-corrected chi connectivity index (χ1v) is 20.2. The van der Waals surface area contributed by atoms with Crippen molar-refractivity contribution in [2.45, 2.75) is 0 Å². The van der Waals surface area contributed by atoms with E-state index < -0.39 is 0 Å². The van der Waals surface area contributed by atoms with Crippen LogP contribution in [-0.4, -0.2) is 4.57 Å². The van der Waals surface area contributed by atoms with Gasteiger partial charge in [-0.15, -0.1) is 0 Å².